The molecular weight excluding hydrogens is 150 g/mol. The number of para-hydroxylation sites is 1. The zero-order chi connectivity index (χ0) is 8.23. The Labute approximate surface area is 72.5 Å². The maximum atomic E-state index is 5.29. The molecule has 0 amide bonds. The van der Waals surface area contributed by atoms with E-state index in [1.807, 2.05) is 30.3 Å². The minimum atomic E-state index is 0.807. The molecule has 0 bridgehead atoms. The van der Waals surface area contributed by atoms with Crippen molar-refractivity contribution >= 4 is 5.69 Å². The van der Waals surface area contributed by atoms with Gasteiger partial charge in [0.25, 0.3) is 0 Å². The molecule has 0 atom stereocenters. The molecule has 64 valence electrons. The standard InChI is InChI=1S/C10H13NO/c1-2-4-10(5-3-1)11-12-8-9-6-7-9/h1-5,9,11H,6-8H2. The summed E-state index contributed by atoms with van der Waals surface area (Å²) < 4.78 is 0. The summed E-state index contributed by atoms with van der Waals surface area (Å²) in [5, 5.41) is 0. The lowest BCUT2D eigenvalue weighted by Gasteiger charge is -2.04. The molecule has 2 rings (SSSR count). The molecule has 0 unspecified atom stereocenters. The highest BCUT2D eigenvalue weighted by atomic mass is 16.6. The van der Waals surface area contributed by atoms with Crippen LogP contribution in [0.3, 0.4) is 0 Å². The van der Waals surface area contributed by atoms with E-state index in [2.05, 4.69) is 5.48 Å². The van der Waals surface area contributed by atoms with Crippen LogP contribution in [0.2, 0.25) is 0 Å². The maximum Gasteiger partial charge on any atom is 0.0774 e. The highest BCUT2D eigenvalue weighted by molar-refractivity contribution is 5.39. The van der Waals surface area contributed by atoms with E-state index in [1.165, 1.54) is 12.8 Å². The van der Waals surface area contributed by atoms with E-state index in [0.717, 1.165) is 18.2 Å². The zero-order valence-corrected chi connectivity index (χ0v) is 6.99. The molecule has 1 saturated carbocycles. The Morgan fingerprint density at radius 2 is 2.00 bits per heavy atom. The van der Waals surface area contributed by atoms with Gasteiger partial charge in [0, 0.05) is 0 Å². The quantitative estimate of drug-likeness (QED) is 0.688. The van der Waals surface area contributed by atoms with Gasteiger partial charge in [0.1, 0.15) is 0 Å². The van der Waals surface area contributed by atoms with Gasteiger partial charge in [0.05, 0.1) is 12.3 Å². The molecule has 0 spiro atoms. The van der Waals surface area contributed by atoms with Gasteiger partial charge in [-0.25, -0.2) is 0 Å². The monoisotopic (exact) mass is 163 g/mol. The zero-order valence-electron chi connectivity index (χ0n) is 6.99. The lowest BCUT2D eigenvalue weighted by molar-refractivity contribution is 0.181. The predicted molar refractivity (Wildman–Crippen MR) is 48.7 cm³/mol. The van der Waals surface area contributed by atoms with Crippen molar-refractivity contribution in [1.29, 1.82) is 0 Å². The molecule has 0 aromatic heterocycles. The molecule has 0 radical (unpaired) electrons. The molecule has 0 heterocycles. The largest absolute Gasteiger partial charge is 0.276 e. The van der Waals surface area contributed by atoms with Crippen molar-refractivity contribution in [1.82, 2.24) is 0 Å². The predicted octanol–water partition coefficient (Wildman–Crippen LogP) is 2.44. The van der Waals surface area contributed by atoms with Gasteiger partial charge in [-0.1, -0.05) is 18.2 Å². The van der Waals surface area contributed by atoms with Crippen molar-refractivity contribution in [3.05, 3.63) is 30.3 Å². The van der Waals surface area contributed by atoms with E-state index in [-0.39, 0.29) is 0 Å². The molecular formula is C10H13NO. The molecule has 1 fully saturated rings. The van der Waals surface area contributed by atoms with Crippen LogP contribution in [0.1, 0.15) is 12.8 Å². The second-order valence-corrected chi connectivity index (χ2v) is 3.22. The maximum absolute atomic E-state index is 5.29. The van der Waals surface area contributed by atoms with E-state index in [0.29, 0.717) is 0 Å². The highest BCUT2D eigenvalue weighted by Crippen LogP contribution is 2.28. The fourth-order valence-corrected chi connectivity index (χ4v) is 1.03. The average molecular weight is 163 g/mol. The molecule has 1 N–H and O–H groups in total. The Kier molecular flexibility index (Phi) is 2.28. The third-order valence-electron chi connectivity index (χ3n) is 1.98. The van der Waals surface area contributed by atoms with Crippen LogP contribution in [0.15, 0.2) is 30.3 Å². The fraction of sp³-hybridized carbons (Fsp3) is 0.400. The van der Waals surface area contributed by atoms with Crippen LogP contribution in [0.25, 0.3) is 0 Å². The van der Waals surface area contributed by atoms with Crippen LogP contribution in [0, 0.1) is 5.92 Å². The van der Waals surface area contributed by atoms with Crippen molar-refractivity contribution in [3.8, 4) is 0 Å². The summed E-state index contributed by atoms with van der Waals surface area (Å²) in [4.78, 5) is 5.29. The van der Waals surface area contributed by atoms with Crippen LogP contribution in [-0.4, -0.2) is 6.61 Å². The lowest BCUT2D eigenvalue weighted by Crippen LogP contribution is -2.03. The molecule has 1 aliphatic rings. The number of nitrogens with one attached hydrogen (secondary N) is 1. The second kappa shape index (κ2) is 3.59. The Morgan fingerprint density at radius 1 is 1.25 bits per heavy atom. The SMILES string of the molecule is c1ccc(NOCC2CC2)cc1. The number of rotatable bonds is 4. The number of anilines is 1. The van der Waals surface area contributed by atoms with Crippen molar-refractivity contribution in [3.63, 3.8) is 0 Å². The molecule has 12 heavy (non-hydrogen) atoms. The summed E-state index contributed by atoms with van der Waals surface area (Å²) in [5.41, 5.74) is 3.94. The third kappa shape index (κ3) is 2.24. The van der Waals surface area contributed by atoms with Crippen LogP contribution < -0.4 is 5.48 Å². The van der Waals surface area contributed by atoms with E-state index in [9.17, 15) is 0 Å². The van der Waals surface area contributed by atoms with Gasteiger partial charge in [0.2, 0.25) is 0 Å². The summed E-state index contributed by atoms with van der Waals surface area (Å²) in [7, 11) is 0. The van der Waals surface area contributed by atoms with Crippen molar-refractivity contribution in [2.45, 2.75) is 12.8 Å². The molecule has 2 nitrogen and oxygen atoms in total. The van der Waals surface area contributed by atoms with Gasteiger partial charge in [-0.3, -0.25) is 10.3 Å². The van der Waals surface area contributed by atoms with E-state index < -0.39 is 0 Å². The fourth-order valence-electron chi connectivity index (χ4n) is 1.03. The van der Waals surface area contributed by atoms with Gasteiger partial charge in [-0.05, 0) is 30.9 Å². The Bertz CT molecular complexity index is 231. The first-order valence-corrected chi connectivity index (χ1v) is 4.38. The van der Waals surface area contributed by atoms with E-state index >= 15 is 0 Å². The number of hydrogen-bond acceptors (Lipinski definition) is 2. The minimum absolute atomic E-state index is 0.807. The second-order valence-electron chi connectivity index (χ2n) is 3.22. The van der Waals surface area contributed by atoms with Crippen LogP contribution >= 0.6 is 0 Å². The smallest absolute Gasteiger partial charge is 0.0774 e. The van der Waals surface area contributed by atoms with Gasteiger partial charge < -0.3 is 0 Å². The van der Waals surface area contributed by atoms with Crippen molar-refractivity contribution in [2.24, 2.45) is 5.92 Å². The van der Waals surface area contributed by atoms with Crippen LogP contribution in [-0.2, 0) is 4.84 Å². The van der Waals surface area contributed by atoms with Crippen LogP contribution in [0.5, 0.6) is 0 Å². The molecule has 2 heteroatoms. The van der Waals surface area contributed by atoms with Crippen molar-refractivity contribution in [2.75, 3.05) is 12.1 Å². The molecule has 0 aliphatic heterocycles. The Balaban J connectivity index is 1.72. The van der Waals surface area contributed by atoms with Crippen LogP contribution in [0.4, 0.5) is 5.69 Å². The topological polar surface area (TPSA) is 21.3 Å². The van der Waals surface area contributed by atoms with Gasteiger partial charge >= 0.3 is 0 Å². The molecule has 0 saturated heterocycles. The summed E-state index contributed by atoms with van der Waals surface area (Å²) in [5.74, 6) is 0.807. The molecule has 1 aromatic carbocycles. The normalized spacial score (nSPS) is 16.0. The molecule has 1 aliphatic carbocycles. The highest BCUT2D eigenvalue weighted by Gasteiger charge is 2.21. The minimum Gasteiger partial charge on any atom is -0.276 e. The lowest BCUT2D eigenvalue weighted by atomic mass is 10.3. The number of benzene rings is 1. The number of hydrogen-bond donors (Lipinski definition) is 1. The first-order valence-electron chi connectivity index (χ1n) is 4.38. The Hall–Kier alpha value is -1.02. The average Bonchev–Trinajstić information content (AvgIpc) is 2.90. The van der Waals surface area contributed by atoms with E-state index in [1.54, 1.807) is 0 Å². The summed E-state index contributed by atoms with van der Waals surface area (Å²) >= 11 is 0. The summed E-state index contributed by atoms with van der Waals surface area (Å²) in [6.45, 7) is 0.842. The van der Waals surface area contributed by atoms with Gasteiger partial charge in [0.15, 0.2) is 0 Å². The third-order valence-corrected chi connectivity index (χ3v) is 1.98. The van der Waals surface area contributed by atoms with Crippen molar-refractivity contribution < 1.29 is 4.84 Å². The molecule has 1 aromatic rings. The Morgan fingerprint density at radius 3 is 2.67 bits per heavy atom. The first kappa shape index (κ1) is 7.62. The van der Waals surface area contributed by atoms with Gasteiger partial charge in [-0.15, -0.1) is 0 Å². The van der Waals surface area contributed by atoms with E-state index in [4.69, 9.17) is 4.84 Å². The summed E-state index contributed by atoms with van der Waals surface area (Å²) in [6, 6.07) is 9.96. The first-order chi connectivity index (χ1) is 5.95. The van der Waals surface area contributed by atoms with Gasteiger partial charge in [-0.2, -0.15) is 0 Å². The summed E-state index contributed by atoms with van der Waals surface area (Å²) in [6.07, 6.45) is 2.66.